The van der Waals surface area contributed by atoms with E-state index in [9.17, 15) is 19.2 Å². The Kier molecular flexibility index (Phi) is 5.73. The number of rotatable bonds is 7. The third kappa shape index (κ3) is 4.13. The maximum atomic E-state index is 12.4. The number of ether oxygens (including phenoxy) is 1. The van der Waals surface area contributed by atoms with Gasteiger partial charge in [0.1, 0.15) is 18.7 Å². The van der Waals surface area contributed by atoms with E-state index in [1.807, 2.05) is 0 Å². The summed E-state index contributed by atoms with van der Waals surface area (Å²) in [5.41, 5.74) is -0.477. The van der Waals surface area contributed by atoms with Crippen LogP contribution >= 0.6 is 11.3 Å². The molecule has 25 heavy (non-hydrogen) atoms. The number of carbonyl (C=O) groups is 4. The van der Waals surface area contributed by atoms with Crippen molar-refractivity contribution in [2.75, 3.05) is 11.9 Å². The van der Waals surface area contributed by atoms with Crippen molar-refractivity contribution < 1.29 is 23.9 Å². The molecule has 0 unspecified atom stereocenters. The topological polar surface area (TPSA) is 118 Å². The molecule has 0 radical (unpaired) electrons. The van der Waals surface area contributed by atoms with Gasteiger partial charge in [0.15, 0.2) is 5.13 Å². The maximum Gasteiger partial charge on any atom is 0.326 e. The quantitative estimate of drug-likeness (QED) is 0.552. The van der Waals surface area contributed by atoms with Gasteiger partial charge in [0.2, 0.25) is 5.91 Å². The number of amides is 4. The molecule has 2 rings (SSSR count). The molecule has 1 aliphatic rings. The molecule has 1 saturated heterocycles. The number of carbonyl (C=O) groups excluding carboxylic acids is 4. The van der Waals surface area contributed by atoms with E-state index >= 15 is 0 Å². The molecule has 2 heterocycles. The minimum absolute atomic E-state index is 0.106. The summed E-state index contributed by atoms with van der Waals surface area (Å²) in [5.74, 6) is -1.37. The number of nitrogens with zero attached hydrogens (tertiary/aromatic N) is 2. The van der Waals surface area contributed by atoms with Crippen LogP contribution in [-0.4, -0.2) is 45.8 Å². The summed E-state index contributed by atoms with van der Waals surface area (Å²) in [6.07, 6.45) is 0.898. The molecule has 1 fully saturated rings. The molecule has 136 valence electrons. The lowest BCUT2D eigenvalue weighted by atomic mass is 9.93. The van der Waals surface area contributed by atoms with Gasteiger partial charge in [-0.2, -0.15) is 0 Å². The number of nitrogens with one attached hydrogen (secondary N) is 2. The molecule has 0 spiro atoms. The molecule has 0 aromatic carbocycles. The van der Waals surface area contributed by atoms with Crippen LogP contribution in [0.2, 0.25) is 0 Å². The third-order valence-electron chi connectivity index (χ3n) is 3.96. The lowest BCUT2D eigenvalue weighted by Gasteiger charge is -2.22. The second kappa shape index (κ2) is 7.60. The normalized spacial score (nSPS) is 15.9. The molecule has 4 amide bonds. The minimum atomic E-state index is -0.945. The Labute approximate surface area is 148 Å². The molecule has 10 heteroatoms. The standard InChI is InChI=1S/C15H20N4O5S/c1-4-15(5-2)12(22)19(14(23)18-15)6-11(21)24-7-10-8-25-13(17-10)16-9(3)20/h8H,4-7H2,1-3H3,(H,18,23)(H,16,17,20). The zero-order chi connectivity index (χ0) is 18.6. The van der Waals surface area contributed by atoms with Crippen LogP contribution in [0.4, 0.5) is 9.93 Å². The maximum absolute atomic E-state index is 12.4. The van der Waals surface area contributed by atoms with Crippen LogP contribution in [0.25, 0.3) is 0 Å². The van der Waals surface area contributed by atoms with E-state index < -0.39 is 30.0 Å². The molecular weight excluding hydrogens is 348 g/mol. The van der Waals surface area contributed by atoms with Gasteiger partial charge in [-0.15, -0.1) is 11.3 Å². The Hall–Kier alpha value is -2.49. The fourth-order valence-electron chi connectivity index (χ4n) is 2.46. The molecular formula is C15H20N4O5S. The highest BCUT2D eigenvalue weighted by Gasteiger charge is 2.49. The first-order chi connectivity index (χ1) is 11.8. The van der Waals surface area contributed by atoms with Gasteiger partial charge in [-0.3, -0.25) is 19.3 Å². The van der Waals surface area contributed by atoms with Crippen molar-refractivity contribution in [3.05, 3.63) is 11.1 Å². The molecule has 0 saturated carbocycles. The SMILES string of the molecule is CCC1(CC)NC(=O)N(CC(=O)OCc2csc(NC(C)=O)n2)C1=O. The Morgan fingerprint density at radius 3 is 2.60 bits per heavy atom. The summed E-state index contributed by atoms with van der Waals surface area (Å²) < 4.78 is 5.06. The Balaban J connectivity index is 1.90. The lowest BCUT2D eigenvalue weighted by molar-refractivity contribution is -0.149. The Bertz CT molecular complexity index is 698. The van der Waals surface area contributed by atoms with Crippen LogP contribution in [0.3, 0.4) is 0 Å². The number of thiazole rings is 1. The predicted molar refractivity (Wildman–Crippen MR) is 89.8 cm³/mol. The van der Waals surface area contributed by atoms with E-state index in [4.69, 9.17) is 4.74 Å². The van der Waals surface area contributed by atoms with Crippen LogP contribution in [-0.2, 0) is 25.7 Å². The average molecular weight is 368 g/mol. The van der Waals surface area contributed by atoms with E-state index in [0.29, 0.717) is 23.7 Å². The van der Waals surface area contributed by atoms with Gasteiger partial charge >= 0.3 is 12.0 Å². The highest BCUT2D eigenvalue weighted by Crippen LogP contribution is 2.24. The fraction of sp³-hybridized carbons (Fsp3) is 0.533. The monoisotopic (exact) mass is 368 g/mol. The molecule has 9 nitrogen and oxygen atoms in total. The van der Waals surface area contributed by atoms with Crippen molar-refractivity contribution in [1.29, 1.82) is 0 Å². The third-order valence-corrected chi connectivity index (χ3v) is 4.76. The first-order valence-electron chi connectivity index (χ1n) is 7.83. The first kappa shape index (κ1) is 18.8. The highest BCUT2D eigenvalue weighted by atomic mass is 32.1. The Morgan fingerprint density at radius 2 is 2.04 bits per heavy atom. The van der Waals surface area contributed by atoms with Gasteiger partial charge in [-0.25, -0.2) is 9.78 Å². The van der Waals surface area contributed by atoms with Gasteiger partial charge < -0.3 is 15.4 Å². The van der Waals surface area contributed by atoms with Gasteiger partial charge in [-0.1, -0.05) is 13.8 Å². The number of aromatic nitrogens is 1. The van der Waals surface area contributed by atoms with Crippen LogP contribution < -0.4 is 10.6 Å². The molecule has 0 atom stereocenters. The van der Waals surface area contributed by atoms with Crippen molar-refractivity contribution in [3.8, 4) is 0 Å². The summed E-state index contributed by atoms with van der Waals surface area (Å²) in [5, 5.41) is 7.22. The number of hydrogen-bond donors (Lipinski definition) is 2. The van der Waals surface area contributed by atoms with Crippen molar-refractivity contribution in [2.24, 2.45) is 0 Å². The summed E-state index contributed by atoms with van der Waals surface area (Å²) in [7, 11) is 0. The highest BCUT2D eigenvalue weighted by molar-refractivity contribution is 7.13. The van der Waals surface area contributed by atoms with Crippen LogP contribution in [0, 0.1) is 0 Å². The van der Waals surface area contributed by atoms with Crippen LogP contribution in [0.1, 0.15) is 39.3 Å². The van der Waals surface area contributed by atoms with Crippen molar-refractivity contribution in [3.63, 3.8) is 0 Å². The largest absolute Gasteiger partial charge is 0.458 e. The van der Waals surface area contributed by atoms with Gasteiger partial charge in [0.25, 0.3) is 5.91 Å². The summed E-state index contributed by atoms with van der Waals surface area (Å²) in [6, 6.07) is -0.591. The first-order valence-corrected chi connectivity index (χ1v) is 8.71. The minimum Gasteiger partial charge on any atom is -0.458 e. The van der Waals surface area contributed by atoms with Crippen molar-refractivity contribution in [1.82, 2.24) is 15.2 Å². The van der Waals surface area contributed by atoms with Crippen LogP contribution in [0.15, 0.2) is 5.38 Å². The smallest absolute Gasteiger partial charge is 0.326 e. The summed E-state index contributed by atoms with van der Waals surface area (Å²) >= 11 is 1.21. The van der Waals surface area contributed by atoms with Gasteiger partial charge in [0, 0.05) is 12.3 Å². The number of urea groups is 1. The van der Waals surface area contributed by atoms with Crippen LogP contribution in [0.5, 0.6) is 0 Å². The molecule has 2 N–H and O–H groups in total. The van der Waals surface area contributed by atoms with Crippen molar-refractivity contribution in [2.45, 2.75) is 45.8 Å². The molecule has 0 aliphatic carbocycles. The number of hydrogen-bond acceptors (Lipinski definition) is 7. The van der Waals surface area contributed by atoms with E-state index in [0.717, 1.165) is 4.90 Å². The predicted octanol–water partition coefficient (Wildman–Crippen LogP) is 1.26. The summed E-state index contributed by atoms with van der Waals surface area (Å²) in [6.45, 7) is 4.42. The van der Waals surface area contributed by atoms with E-state index in [1.54, 1.807) is 19.2 Å². The van der Waals surface area contributed by atoms with Gasteiger partial charge in [-0.05, 0) is 12.8 Å². The van der Waals surface area contributed by atoms with E-state index in [2.05, 4.69) is 15.6 Å². The molecule has 1 aromatic heterocycles. The Morgan fingerprint density at radius 1 is 1.36 bits per heavy atom. The number of imide groups is 1. The van der Waals surface area contributed by atoms with Crippen molar-refractivity contribution >= 4 is 40.3 Å². The summed E-state index contributed by atoms with van der Waals surface area (Å²) in [4.78, 5) is 52.2. The zero-order valence-electron chi connectivity index (χ0n) is 14.2. The second-order valence-corrected chi connectivity index (χ2v) is 6.45. The fourth-order valence-corrected chi connectivity index (χ4v) is 3.20. The zero-order valence-corrected chi connectivity index (χ0v) is 15.1. The average Bonchev–Trinajstić information content (AvgIpc) is 3.10. The molecule has 1 aliphatic heterocycles. The number of anilines is 1. The van der Waals surface area contributed by atoms with E-state index in [-0.39, 0.29) is 12.5 Å². The lowest BCUT2D eigenvalue weighted by Crippen LogP contribution is -2.46. The van der Waals surface area contributed by atoms with Gasteiger partial charge in [0.05, 0.1) is 5.69 Å². The number of esters is 1. The van der Waals surface area contributed by atoms with E-state index in [1.165, 1.54) is 18.3 Å². The molecule has 0 bridgehead atoms. The second-order valence-electron chi connectivity index (χ2n) is 5.60. The molecule has 1 aromatic rings.